The molecule has 138 heavy (non-hydrogen) atoms. The van der Waals surface area contributed by atoms with Crippen LogP contribution in [0.15, 0.2) is 510 Å². The van der Waals surface area contributed by atoms with Crippen LogP contribution in [0.1, 0.15) is 22.3 Å². The Morgan fingerprint density at radius 1 is 0.0942 bits per heavy atom. The van der Waals surface area contributed by atoms with Crippen LogP contribution in [0.5, 0.6) is 0 Å². The Kier molecular flexibility index (Phi) is 21.7. The van der Waals surface area contributed by atoms with Gasteiger partial charge in [0, 0.05) is 0 Å². The average molecular weight is 1750 g/mol. The standard InChI is InChI=1S/2C36H26.C36H24.C30H20/c1-23-21-33-34(22-24(23)2)36(30-20-10-14-26-12-4-6-16-28(26)30)32-18-8-7-17-31(32)35(33)29-19-9-13-25-11-3-5-15-27(25)29;1-23-19-33-34(20-24(23)2)36(30-18-16-26-10-4-6-12-28(26)22-30)32-14-8-7-13-31(32)35(33)29-17-15-25-9-3-5-11-27(25)21-29;1-2-10-25(11-3-1)27-18-21-28(22-19-27)35-31-14-6-8-16-33(31)36(34-17-9-7-15-32(34)35)30-23-20-26-12-4-5-13-29(26)24-30;1-2-11-22(12-3-1)29-25-14-6-8-16-27(25)30(28-17-9-7-15-26(28)29)24-19-18-21-10-4-5-13-23(21)20-24/h2*3-22H,1-2H3;1-24H;1-20H. The summed E-state index contributed by atoms with van der Waals surface area (Å²) in [5.41, 5.74) is 28.4. The molecule has 0 aliphatic heterocycles. The van der Waals surface area contributed by atoms with Gasteiger partial charge in [-0.1, -0.05) is 485 Å². The fourth-order valence-corrected chi connectivity index (χ4v) is 21.9. The molecule has 0 nitrogen and oxygen atoms in total. The molecule has 0 aliphatic rings. The minimum atomic E-state index is 1.24. The van der Waals surface area contributed by atoms with E-state index in [0.29, 0.717) is 0 Å². The number of rotatable bonds is 9. The topological polar surface area (TPSA) is 0 Å². The van der Waals surface area contributed by atoms with Gasteiger partial charge < -0.3 is 0 Å². The van der Waals surface area contributed by atoms with Crippen LogP contribution < -0.4 is 0 Å². The molecular formula is C138H96. The van der Waals surface area contributed by atoms with Gasteiger partial charge in [0.2, 0.25) is 0 Å². The van der Waals surface area contributed by atoms with E-state index in [9.17, 15) is 0 Å². The third-order valence-corrected chi connectivity index (χ3v) is 28.8. The number of fused-ring (bicyclic) bond motifs is 14. The SMILES string of the molecule is Cc1cc2c(-c3ccc4ccccc4c3)c3ccccc3c(-c3ccc4ccccc4c3)c2cc1C.Cc1cc2c(-c3cccc4ccccc34)c3ccccc3c(-c3cccc4ccccc34)c2cc1C.c1ccc(-c2c3ccccc3c(-c3ccc4ccccc4c3)c3ccccc23)cc1.c1ccc(-c2ccc(-c3c4ccccc4c(-c4ccc5ccccc5c4)c4ccccc34)cc2)cc1. The van der Waals surface area contributed by atoms with Crippen molar-refractivity contribution >= 4 is 151 Å². The van der Waals surface area contributed by atoms with Crippen molar-refractivity contribution in [3.63, 3.8) is 0 Å². The average Bonchev–Trinajstić information content (AvgIpc) is 0.717. The van der Waals surface area contributed by atoms with Crippen LogP contribution in [0.4, 0.5) is 0 Å². The van der Waals surface area contributed by atoms with Crippen LogP contribution in [-0.2, 0) is 0 Å². The van der Waals surface area contributed by atoms with Crippen molar-refractivity contribution in [2.24, 2.45) is 0 Å². The molecule has 0 saturated carbocycles. The summed E-state index contributed by atoms with van der Waals surface area (Å²) in [6.45, 7) is 8.91. The first kappa shape index (κ1) is 83.6. The largest absolute Gasteiger partial charge is 0.0622 e. The van der Waals surface area contributed by atoms with Crippen LogP contribution >= 0.6 is 0 Å². The van der Waals surface area contributed by atoms with Crippen molar-refractivity contribution < 1.29 is 0 Å². The summed E-state index contributed by atoms with van der Waals surface area (Å²) in [4.78, 5) is 0. The summed E-state index contributed by atoms with van der Waals surface area (Å²) in [6.07, 6.45) is 0. The summed E-state index contributed by atoms with van der Waals surface area (Å²) in [7, 11) is 0. The Bertz CT molecular complexity index is 9080. The van der Waals surface area contributed by atoms with E-state index in [1.807, 2.05) is 0 Å². The molecule has 0 unspecified atom stereocenters. The van der Waals surface area contributed by atoms with Gasteiger partial charge in [-0.3, -0.25) is 0 Å². The normalized spacial score (nSPS) is 11.5. The van der Waals surface area contributed by atoms with E-state index in [0.717, 1.165) is 0 Å². The van der Waals surface area contributed by atoms with Crippen LogP contribution in [0, 0.1) is 27.7 Å². The van der Waals surface area contributed by atoms with Gasteiger partial charge in [0.15, 0.2) is 0 Å². The Labute approximate surface area is 804 Å². The first-order valence-corrected chi connectivity index (χ1v) is 48.1. The smallest absolute Gasteiger partial charge is 0.00200 e. The van der Waals surface area contributed by atoms with Crippen LogP contribution in [-0.4, -0.2) is 0 Å². The summed E-state index contributed by atoms with van der Waals surface area (Å²) < 4.78 is 0. The van der Waals surface area contributed by atoms with Gasteiger partial charge in [0.25, 0.3) is 0 Å². The summed E-state index contributed by atoms with van der Waals surface area (Å²) >= 11 is 0. The maximum atomic E-state index is 2.41. The molecule has 0 aliphatic carbocycles. The molecule has 0 spiro atoms. The molecule has 648 valence electrons. The quantitative estimate of drug-likeness (QED) is 0.126. The molecule has 0 heterocycles. The van der Waals surface area contributed by atoms with E-state index in [-0.39, 0.29) is 0 Å². The molecule has 0 aromatic heterocycles. The van der Waals surface area contributed by atoms with Gasteiger partial charge in [0.05, 0.1) is 0 Å². The van der Waals surface area contributed by atoms with Crippen LogP contribution in [0.2, 0.25) is 0 Å². The zero-order valence-corrected chi connectivity index (χ0v) is 77.5. The second kappa shape index (κ2) is 35.8. The first-order chi connectivity index (χ1) is 68.1. The van der Waals surface area contributed by atoms with E-state index in [1.165, 1.54) is 273 Å². The highest BCUT2D eigenvalue weighted by molar-refractivity contribution is 6.28. The number of benzene rings is 27. The number of aryl methyl sites for hydroxylation is 4. The molecular weight excluding hydrogens is 1660 g/mol. The second-order valence-electron chi connectivity index (χ2n) is 36.8. The van der Waals surface area contributed by atoms with Gasteiger partial charge in [0.1, 0.15) is 0 Å². The maximum Gasteiger partial charge on any atom is -0.00200 e. The molecule has 27 aromatic carbocycles. The van der Waals surface area contributed by atoms with Crippen molar-refractivity contribution in [1.29, 1.82) is 0 Å². The van der Waals surface area contributed by atoms with Crippen molar-refractivity contribution in [3.8, 4) is 100 Å². The molecule has 0 heteroatoms. The van der Waals surface area contributed by atoms with Crippen molar-refractivity contribution in [2.45, 2.75) is 27.7 Å². The molecule has 0 saturated heterocycles. The van der Waals surface area contributed by atoms with Crippen molar-refractivity contribution in [1.82, 2.24) is 0 Å². The Morgan fingerprint density at radius 3 is 0.551 bits per heavy atom. The number of hydrogen-bond donors (Lipinski definition) is 0. The second-order valence-corrected chi connectivity index (χ2v) is 36.8. The fourth-order valence-electron chi connectivity index (χ4n) is 21.9. The van der Waals surface area contributed by atoms with Crippen LogP contribution in [0.3, 0.4) is 0 Å². The molecule has 0 radical (unpaired) electrons. The summed E-state index contributed by atoms with van der Waals surface area (Å²) in [5, 5.41) is 36.1. The third kappa shape index (κ3) is 15.2. The highest BCUT2D eigenvalue weighted by atomic mass is 14.3. The molecule has 27 aromatic rings. The Balaban J connectivity index is 0.000000100. The predicted octanol–water partition coefficient (Wildman–Crippen LogP) is 39.1. The monoisotopic (exact) mass is 1750 g/mol. The predicted molar refractivity (Wildman–Crippen MR) is 599 cm³/mol. The lowest BCUT2D eigenvalue weighted by molar-refractivity contribution is 1.37. The molecule has 0 bridgehead atoms. The van der Waals surface area contributed by atoms with Gasteiger partial charge in [-0.15, -0.1) is 0 Å². The first-order valence-electron chi connectivity index (χ1n) is 48.1. The number of hydrogen-bond acceptors (Lipinski definition) is 0. The highest BCUT2D eigenvalue weighted by Gasteiger charge is 2.25. The minimum absolute atomic E-state index is 1.24. The third-order valence-electron chi connectivity index (χ3n) is 28.8. The Morgan fingerprint density at radius 2 is 0.268 bits per heavy atom. The lowest BCUT2D eigenvalue weighted by atomic mass is 9.82. The van der Waals surface area contributed by atoms with E-state index in [4.69, 9.17) is 0 Å². The minimum Gasteiger partial charge on any atom is -0.0622 e. The summed E-state index contributed by atoms with van der Waals surface area (Å²) in [5.74, 6) is 0. The lowest BCUT2D eigenvalue weighted by Gasteiger charge is -2.21. The molecule has 0 atom stereocenters. The molecule has 0 fully saturated rings. The van der Waals surface area contributed by atoms with Crippen molar-refractivity contribution in [2.75, 3.05) is 0 Å². The summed E-state index contributed by atoms with van der Waals surface area (Å²) in [6, 6.07) is 186. The molecule has 0 N–H and O–H groups in total. The van der Waals surface area contributed by atoms with Crippen LogP contribution in [0.25, 0.3) is 251 Å². The lowest BCUT2D eigenvalue weighted by Crippen LogP contribution is -1.94. The van der Waals surface area contributed by atoms with E-state index >= 15 is 0 Å². The maximum absolute atomic E-state index is 2.41. The zero-order chi connectivity index (χ0) is 92.3. The zero-order valence-electron chi connectivity index (χ0n) is 77.5. The fraction of sp³-hybridized carbons (Fsp3) is 0.0290. The van der Waals surface area contributed by atoms with Gasteiger partial charge >= 0.3 is 0 Å². The molecule has 27 rings (SSSR count). The van der Waals surface area contributed by atoms with Gasteiger partial charge in [-0.2, -0.15) is 0 Å². The Hall–Kier alpha value is -17.4. The van der Waals surface area contributed by atoms with E-state index in [2.05, 4.69) is 537 Å². The van der Waals surface area contributed by atoms with Crippen molar-refractivity contribution in [3.05, 3.63) is 532 Å². The van der Waals surface area contributed by atoms with E-state index in [1.54, 1.807) is 0 Å². The molecule has 0 amide bonds. The van der Waals surface area contributed by atoms with Gasteiger partial charge in [-0.05, 0) is 325 Å². The van der Waals surface area contributed by atoms with E-state index < -0.39 is 0 Å². The van der Waals surface area contributed by atoms with Gasteiger partial charge in [-0.25, -0.2) is 0 Å². The highest BCUT2D eigenvalue weighted by Crippen LogP contribution is 2.52.